The predicted octanol–water partition coefficient (Wildman–Crippen LogP) is 1.50. The highest BCUT2D eigenvalue weighted by Crippen LogP contribution is 2.49. The van der Waals surface area contributed by atoms with Crippen molar-refractivity contribution in [1.29, 1.82) is 0 Å². The van der Waals surface area contributed by atoms with E-state index in [9.17, 15) is 9.59 Å². The number of nitrogens with zero attached hydrogens (tertiary/aromatic N) is 2. The van der Waals surface area contributed by atoms with Crippen LogP contribution in [-0.2, 0) is 9.53 Å². The Morgan fingerprint density at radius 3 is 3.05 bits per heavy atom. The second-order valence-corrected chi connectivity index (χ2v) is 5.66. The van der Waals surface area contributed by atoms with Gasteiger partial charge in [-0.2, -0.15) is 0 Å². The molecule has 2 aliphatic rings. The molecule has 0 radical (unpaired) electrons. The van der Waals surface area contributed by atoms with Crippen LogP contribution in [0.1, 0.15) is 29.6 Å². The first kappa shape index (κ1) is 13.1. The van der Waals surface area contributed by atoms with Gasteiger partial charge in [0.1, 0.15) is 0 Å². The monoisotopic (exact) mass is 274 g/mol. The maximum absolute atomic E-state index is 12.5. The van der Waals surface area contributed by atoms with Crippen LogP contribution in [0, 0.1) is 11.3 Å². The van der Waals surface area contributed by atoms with E-state index in [1.165, 1.54) is 7.11 Å². The van der Waals surface area contributed by atoms with Crippen LogP contribution in [0.2, 0.25) is 0 Å². The highest BCUT2D eigenvalue weighted by molar-refractivity contribution is 5.95. The summed E-state index contributed by atoms with van der Waals surface area (Å²) in [5, 5.41) is 0. The van der Waals surface area contributed by atoms with Crippen molar-refractivity contribution >= 4 is 11.9 Å². The van der Waals surface area contributed by atoms with Gasteiger partial charge in [0.2, 0.25) is 0 Å². The number of likely N-dealkylation sites (tertiary alicyclic amines) is 1. The van der Waals surface area contributed by atoms with Crippen LogP contribution in [-0.4, -0.2) is 42.0 Å². The molecule has 0 aromatic carbocycles. The third kappa shape index (κ3) is 1.88. The fourth-order valence-corrected chi connectivity index (χ4v) is 3.65. The Morgan fingerprint density at radius 2 is 2.35 bits per heavy atom. The zero-order chi connectivity index (χ0) is 14.2. The van der Waals surface area contributed by atoms with Crippen LogP contribution in [0.15, 0.2) is 24.5 Å². The van der Waals surface area contributed by atoms with Crippen molar-refractivity contribution in [1.82, 2.24) is 9.88 Å². The molecular formula is C15H18N2O3. The van der Waals surface area contributed by atoms with Gasteiger partial charge in [-0.25, -0.2) is 0 Å². The van der Waals surface area contributed by atoms with Crippen molar-refractivity contribution in [3.8, 4) is 0 Å². The van der Waals surface area contributed by atoms with Crippen LogP contribution in [0.4, 0.5) is 0 Å². The molecule has 2 heterocycles. The van der Waals surface area contributed by atoms with Crippen molar-refractivity contribution in [2.24, 2.45) is 11.3 Å². The van der Waals surface area contributed by atoms with Gasteiger partial charge in [-0.05, 0) is 30.9 Å². The van der Waals surface area contributed by atoms with E-state index in [4.69, 9.17) is 4.74 Å². The van der Waals surface area contributed by atoms with E-state index < -0.39 is 5.41 Å². The Morgan fingerprint density at radius 1 is 1.50 bits per heavy atom. The zero-order valence-corrected chi connectivity index (χ0v) is 11.5. The summed E-state index contributed by atoms with van der Waals surface area (Å²) >= 11 is 0. The van der Waals surface area contributed by atoms with Crippen molar-refractivity contribution in [2.75, 3.05) is 20.2 Å². The number of carbonyl (C=O) groups excluding carboxylic acids is 2. The highest BCUT2D eigenvalue weighted by atomic mass is 16.5. The molecule has 1 aliphatic heterocycles. The number of ether oxygens (including phenoxy) is 1. The molecule has 5 heteroatoms. The lowest BCUT2D eigenvalue weighted by molar-refractivity contribution is -0.153. The normalized spacial score (nSPS) is 28.2. The Balaban J connectivity index is 1.82. The van der Waals surface area contributed by atoms with E-state index in [2.05, 4.69) is 4.98 Å². The number of fused-ring (bicyclic) bond motifs is 1. The molecule has 1 aromatic rings. The Hall–Kier alpha value is -1.91. The topological polar surface area (TPSA) is 59.5 Å². The van der Waals surface area contributed by atoms with Crippen LogP contribution >= 0.6 is 0 Å². The first-order chi connectivity index (χ1) is 9.67. The van der Waals surface area contributed by atoms with Crippen LogP contribution < -0.4 is 0 Å². The largest absolute Gasteiger partial charge is 0.469 e. The highest BCUT2D eigenvalue weighted by Gasteiger charge is 2.56. The molecule has 1 saturated heterocycles. The van der Waals surface area contributed by atoms with Gasteiger partial charge in [0.05, 0.1) is 18.1 Å². The van der Waals surface area contributed by atoms with Crippen LogP contribution in [0.3, 0.4) is 0 Å². The summed E-state index contributed by atoms with van der Waals surface area (Å²) in [4.78, 5) is 30.4. The Bertz CT molecular complexity index is 531. The van der Waals surface area contributed by atoms with Gasteiger partial charge in [-0.15, -0.1) is 0 Å². The van der Waals surface area contributed by atoms with Gasteiger partial charge in [-0.1, -0.05) is 6.42 Å². The third-order valence-electron chi connectivity index (χ3n) is 4.66. The fourth-order valence-electron chi connectivity index (χ4n) is 3.65. The number of hydrogen-bond acceptors (Lipinski definition) is 4. The molecule has 1 amide bonds. The number of hydrogen-bond donors (Lipinski definition) is 0. The summed E-state index contributed by atoms with van der Waals surface area (Å²) in [7, 11) is 1.43. The smallest absolute Gasteiger partial charge is 0.313 e. The van der Waals surface area contributed by atoms with Crippen LogP contribution in [0.5, 0.6) is 0 Å². The van der Waals surface area contributed by atoms with Crippen LogP contribution in [0.25, 0.3) is 0 Å². The quantitative estimate of drug-likeness (QED) is 0.767. The molecule has 1 aromatic heterocycles. The predicted molar refractivity (Wildman–Crippen MR) is 71.9 cm³/mol. The van der Waals surface area contributed by atoms with E-state index in [0.717, 1.165) is 19.3 Å². The van der Waals surface area contributed by atoms with E-state index in [-0.39, 0.29) is 17.8 Å². The molecule has 2 unspecified atom stereocenters. The lowest BCUT2D eigenvalue weighted by Gasteiger charge is -2.25. The first-order valence-electron chi connectivity index (χ1n) is 6.95. The van der Waals surface area contributed by atoms with Gasteiger partial charge in [-0.3, -0.25) is 14.6 Å². The van der Waals surface area contributed by atoms with E-state index >= 15 is 0 Å². The minimum atomic E-state index is -0.480. The molecule has 1 aliphatic carbocycles. The molecule has 0 spiro atoms. The molecule has 0 N–H and O–H groups in total. The molecule has 1 saturated carbocycles. The third-order valence-corrected chi connectivity index (χ3v) is 4.66. The number of esters is 1. The number of amides is 1. The first-order valence-corrected chi connectivity index (χ1v) is 6.95. The standard InChI is InChI=1S/C15H18N2O3/c1-20-14(19)15-6-2-5-12(15)9-17(10-15)13(18)11-4-3-7-16-8-11/h3-4,7-8,12H,2,5-6,9-10H2,1H3. The van der Waals surface area contributed by atoms with E-state index in [0.29, 0.717) is 18.7 Å². The number of pyridine rings is 1. The van der Waals surface area contributed by atoms with Gasteiger partial charge >= 0.3 is 5.97 Å². The maximum atomic E-state index is 12.5. The Kier molecular flexibility index (Phi) is 3.20. The molecule has 5 nitrogen and oxygen atoms in total. The summed E-state index contributed by atoms with van der Waals surface area (Å²) in [6, 6.07) is 3.51. The Labute approximate surface area is 117 Å². The fraction of sp³-hybridized carbons (Fsp3) is 0.533. The van der Waals surface area contributed by atoms with Crippen molar-refractivity contribution in [2.45, 2.75) is 19.3 Å². The average Bonchev–Trinajstić information content (AvgIpc) is 3.04. The average molecular weight is 274 g/mol. The molecular weight excluding hydrogens is 256 g/mol. The number of methoxy groups -OCH3 is 1. The summed E-state index contributed by atoms with van der Waals surface area (Å²) in [6.45, 7) is 1.11. The van der Waals surface area contributed by atoms with Gasteiger partial charge in [0.15, 0.2) is 0 Å². The summed E-state index contributed by atoms with van der Waals surface area (Å²) in [5.74, 6) is 0.0211. The zero-order valence-electron chi connectivity index (χ0n) is 11.5. The molecule has 3 rings (SSSR count). The van der Waals surface area contributed by atoms with E-state index in [1.807, 2.05) is 0 Å². The van der Waals surface area contributed by atoms with Crippen molar-refractivity contribution < 1.29 is 14.3 Å². The lowest BCUT2D eigenvalue weighted by atomic mass is 9.81. The van der Waals surface area contributed by atoms with E-state index in [1.54, 1.807) is 29.4 Å². The molecule has 2 atom stereocenters. The number of carbonyl (C=O) groups is 2. The second kappa shape index (κ2) is 4.89. The summed E-state index contributed by atoms with van der Waals surface area (Å²) in [6.07, 6.45) is 6.06. The second-order valence-electron chi connectivity index (χ2n) is 5.66. The molecule has 106 valence electrons. The lowest BCUT2D eigenvalue weighted by Crippen LogP contribution is -2.38. The molecule has 2 fully saturated rings. The van der Waals surface area contributed by atoms with Crippen molar-refractivity contribution in [3.63, 3.8) is 0 Å². The maximum Gasteiger partial charge on any atom is 0.313 e. The SMILES string of the molecule is COC(=O)C12CCCC1CN(C(=O)c1cccnc1)C2. The molecule has 0 bridgehead atoms. The summed E-state index contributed by atoms with van der Waals surface area (Å²) in [5.41, 5.74) is 0.0968. The summed E-state index contributed by atoms with van der Waals surface area (Å²) < 4.78 is 4.98. The van der Waals surface area contributed by atoms with Gasteiger partial charge in [0, 0.05) is 25.5 Å². The van der Waals surface area contributed by atoms with Gasteiger partial charge in [0.25, 0.3) is 5.91 Å². The van der Waals surface area contributed by atoms with Gasteiger partial charge < -0.3 is 9.64 Å². The number of rotatable bonds is 2. The minimum Gasteiger partial charge on any atom is -0.469 e. The minimum absolute atomic E-state index is 0.0456. The molecule has 20 heavy (non-hydrogen) atoms. The van der Waals surface area contributed by atoms with Crippen molar-refractivity contribution in [3.05, 3.63) is 30.1 Å². The number of aromatic nitrogens is 1.